The van der Waals surface area contributed by atoms with Gasteiger partial charge in [0.25, 0.3) is 0 Å². The third-order valence-corrected chi connectivity index (χ3v) is 6.36. The minimum absolute atomic E-state index is 0.136. The fourth-order valence-corrected chi connectivity index (χ4v) is 4.46. The Kier molecular flexibility index (Phi) is 7.17. The van der Waals surface area contributed by atoms with Gasteiger partial charge >= 0.3 is 11.1 Å². The number of fused-ring (bicyclic) bond motifs is 1. The lowest BCUT2D eigenvalue weighted by atomic mass is 10.1. The fourth-order valence-electron chi connectivity index (χ4n) is 4.34. The summed E-state index contributed by atoms with van der Waals surface area (Å²) in [5.41, 5.74) is 0.298. The van der Waals surface area contributed by atoms with E-state index in [1.165, 1.54) is 9.13 Å². The number of carbonyl (C=O) groups is 2. The summed E-state index contributed by atoms with van der Waals surface area (Å²) in [6.07, 6.45) is 3.02. The Balaban J connectivity index is 1.59. The van der Waals surface area contributed by atoms with Crippen LogP contribution in [0.5, 0.6) is 0 Å². The summed E-state index contributed by atoms with van der Waals surface area (Å²) in [5, 5.41) is 3.26. The quantitative estimate of drug-likeness (QED) is 0.546. The number of hydrogen-bond acceptors (Lipinski definition) is 4. The average Bonchev–Trinajstić information content (AvgIpc) is 2.85. The molecule has 1 aromatic heterocycles. The number of para-hydroxylation sites is 2. The van der Waals surface area contributed by atoms with E-state index < -0.39 is 23.1 Å². The van der Waals surface area contributed by atoms with Crippen molar-refractivity contribution >= 4 is 34.4 Å². The highest BCUT2D eigenvalue weighted by Crippen LogP contribution is 2.15. The standard InChI is InChI=1S/C25H27ClN4O4/c1-17(23(32)28-13-5-2-6-14-28)27-22(31)16-30-21-8-4-3-7-20(21)29(24(33)25(30)34)15-18-9-11-19(26)12-10-18/h3-4,7-12,17H,2,5-6,13-16H2,1H3,(H,27,31)/t17-/m1/s1. The van der Waals surface area contributed by atoms with Crippen molar-refractivity contribution in [3.8, 4) is 0 Å². The van der Waals surface area contributed by atoms with Crippen molar-refractivity contribution in [2.75, 3.05) is 13.1 Å². The van der Waals surface area contributed by atoms with Gasteiger partial charge in [-0.05, 0) is 56.0 Å². The van der Waals surface area contributed by atoms with Crippen LogP contribution in [0.3, 0.4) is 0 Å². The van der Waals surface area contributed by atoms with Gasteiger partial charge in [0.2, 0.25) is 11.8 Å². The van der Waals surface area contributed by atoms with Crippen molar-refractivity contribution in [2.45, 2.75) is 45.3 Å². The monoisotopic (exact) mass is 482 g/mol. The predicted molar refractivity (Wildman–Crippen MR) is 131 cm³/mol. The Morgan fingerprint density at radius 1 is 0.912 bits per heavy atom. The number of rotatable bonds is 6. The van der Waals surface area contributed by atoms with Crippen LogP contribution in [-0.4, -0.2) is 45.0 Å². The van der Waals surface area contributed by atoms with Gasteiger partial charge in [0.15, 0.2) is 0 Å². The Morgan fingerprint density at radius 2 is 1.50 bits per heavy atom. The molecular weight excluding hydrogens is 456 g/mol. The van der Waals surface area contributed by atoms with E-state index in [-0.39, 0.29) is 19.0 Å². The normalized spacial score (nSPS) is 14.7. The number of likely N-dealkylation sites (tertiary alicyclic amines) is 1. The molecule has 1 atom stereocenters. The van der Waals surface area contributed by atoms with E-state index >= 15 is 0 Å². The summed E-state index contributed by atoms with van der Waals surface area (Å²) in [5.74, 6) is -0.636. The number of carbonyl (C=O) groups excluding carboxylic acids is 2. The number of nitrogens with one attached hydrogen (secondary N) is 1. The zero-order valence-electron chi connectivity index (χ0n) is 19.0. The second-order valence-electron chi connectivity index (χ2n) is 8.57. The van der Waals surface area contributed by atoms with Crippen LogP contribution in [0.15, 0.2) is 58.1 Å². The molecule has 2 aromatic carbocycles. The lowest BCUT2D eigenvalue weighted by Gasteiger charge is -2.29. The van der Waals surface area contributed by atoms with Crippen LogP contribution in [0.1, 0.15) is 31.7 Å². The van der Waals surface area contributed by atoms with E-state index in [0.717, 1.165) is 24.8 Å². The number of piperidine rings is 1. The molecule has 3 aromatic rings. The molecule has 0 unspecified atom stereocenters. The highest BCUT2D eigenvalue weighted by atomic mass is 35.5. The molecule has 8 nitrogen and oxygen atoms in total. The molecule has 2 heterocycles. The van der Waals surface area contributed by atoms with Gasteiger partial charge in [0.1, 0.15) is 12.6 Å². The third kappa shape index (κ3) is 5.07. The SMILES string of the molecule is C[C@@H](NC(=O)Cn1c(=O)c(=O)n(Cc2ccc(Cl)cc2)c2ccccc21)C(=O)N1CCCCC1. The smallest absolute Gasteiger partial charge is 0.317 e. The van der Waals surface area contributed by atoms with E-state index in [9.17, 15) is 19.2 Å². The second-order valence-corrected chi connectivity index (χ2v) is 9.01. The highest BCUT2D eigenvalue weighted by Gasteiger charge is 2.24. The van der Waals surface area contributed by atoms with Gasteiger partial charge in [0.05, 0.1) is 17.6 Å². The summed E-state index contributed by atoms with van der Waals surface area (Å²) in [7, 11) is 0. The maximum atomic E-state index is 13.0. The molecule has 1 saturated heterocycles. The van der Waals surface area contributed by atoms with Gasteiger partial charge in [0, 0.05) is 18.1 Å². The predicted octanol–water partition coefficient (Wildman–Crippen LogP) is 2.38. The van der Waals surface area contributed by atoms with Crippen LogP contribution < -0.4 is 16.4 Å². The zero-order valence-corrected chi connectivity index (χ0v) is 19.8. The maximum Gasteiger partial charge on any atom is 0.317 e. The maximum absolute atomic E-state index is 13.0. The highest BCUT2D eigenvalue weighted by molar-refractivity contribution is 6.30. The van der Waals surface area contributed by atoms with Crippen LogP contribution in [0.4, 0.5) is 0 Å². The average molecular weight is 483 g/mol. The van der Waals surface area contributed by atoms with Gasteiger partial charge < -0.3 is 10.2 Å². The number of halogens is 1. The molecule has 0 bridgehead atoms. The first-order chi connectivity index (χ1) is 16.3. The number of nitrogens with zero attached hydrogens (tertiary/aromatic N) is 3. The Hall–Kier alpha value is -3.39. The van der Waals surface area contributed by atoms with Crippen LogP contribution in [0, 0.1) is 0 Å². The van der Waals surface area contributed by atoms with Crippen LogP contribution in [-0.2, 0) is 22.7 Å². The van der Waals surface area contributed by atoms with E-state index in [4.69, 9.17) is 11.6 Å². The molecule has 2 amide bonds. The van der Waals surface area contributed by atoms with Gasteiger partial charge in [-0.3, -0.25) is 28.3 Å². The number of amides is 2. The molecule has 1 aliphatic rings. The van der Waals surface area contributed by atoms with E-state index in [2.05, 4.69) is 5.32 Å². The Labute approximate surface area is 201 Å². The molecule has 0 saturated carbocycles. The molecule has 34 heavy (non-hydrogen) atoms. The van der Waals surface area contributed by atoms with Crippen molar-refractivity contribution in [1.29, 1.82) is 0 Å². The molecular formula is C25H27ClN4O4. The van der Waals surface area contributed by atoms with Crippen molar-refractivity contribution < 1.29 is 9.59 Å². The summed E-state index contributed by atoms with van der Waals surface area (Å²) in [6, 6.07) is 13.3. The van der Waals surface area contributed by atoms with E-state index in [1.807, 2.05) is 0 Å². The molecule has 1 fully saturated rings. The molecule has 0 spiro atoms. The molecule has 178 valence electrons. The largest absolute Gasteiger partial charge is 0.343 e. The summed E-state index contributed by atoms with van der Waals surface area (Å²) >= 11 is 5.95. The molecule has 1 aliphatic heterocycles. The summed E-state index contributed by atoms with van der Waals surface area (Å²) < 4.78 is 2.57. The number of hydrogen-bond donors (Lipinski definition) is 1. The van der Waals surface area contributed by atoms with Gasteiger partial charge in [-0.25, -0.2) is 0 Å². The van der Waals surface area contributed by atoms with E-state index in [0.29, 0.717) is 29.1 Å². The van der Waals surface area contributed by atoms with Crippen LogP contribution in [0.2, 0.25) is 5.02 Å². The Bertz CT molecular complexity index is 1320. The van der Waals surface area contributed by atoms with Crippen LogP contribution >= 0.6 is 11.6 Å². The topological polar surface area (TPSA) is 93.4 Å². The lowest BCUT2D eigenvalue weighted by molar-refractivity contribution is -0.136. The van der Waals surface area contributed by atoms with Gasteiger partial charge in [-0.1, -0.05) is 35.9 Å². The first kappa shape index (κ1) is 23.8. The number of aromatic nitrogens is 2. The van der Waals surface area contributed by atoms with Crippen LogP contribution in [0.25, 0.3) is 11.0 Å². The molecule has 4 rings (SSSR count). The molecule has 1 N–H and O–H groups in total. The lowest BCUT2D eigenvalue weighted by Crippen LogP contribution is -2.50. The van der Waals surface area contributed by atoms with Gasteiger partial charge in [-0.15, -0.1) is 0 Å². The summed E-state index contributed by atoms with van der Waals surface area (Å²) in [6.45, 7) is 2.86. The zero-order chi connectivity index (χ0) is 24.2. The first-order valence-electron chi connectivity index (χ1n) is 11.4. The minimum Gasteiger partial charge on any atom is -0.343 e. The minimum atomic E-state index is -0.794. The third-order valence-electron chi connectivity index (χ3n) is 6.11. The van der Waals surface area contributed by atoms with Crippen molar-refractivity contribution in [3.63, 3.8) is 0 Å². The molecule has 9 heteroatoms. The Morgan fingerprint density at radius 3 is 2.15 bits per heavy atom. The first-order valence-corrected chi connectivity index (χ1v) is 11.8. The second kappa shape index (κ2) is 10.3. The van der Waals surface area contributed by atoms with Crippen molar-refractivity contribution in [2.24, 2.45) is 0 Å². The van der Waals surface area contributed by atoms with E-state index in [1.54, 1.807) is 60.4 Å². The van der Waals surface area contributed by atoms with Crippen molar-refractivity contribution in [1.82, 2.24) is 19.4 Å². The molecule has 0 aliphatic carbocycles. The fraction of sp³-hybridized carbons (Fsp3) is 0.360. The van der Waals surface area contributed by atoms with Crippen molar-refractivity contribution in [3.05, 3.63) is 79.8 Å². The molecule has 0 radical (unpaired) electrons. The number of benzene rings is 2. The van der Waals surface area contributed by atoms with Gasteiger partial charge in [-0.2, -0.15) is 0 Å². The summed E-state index contributed by atoms with van der Waals surface area (Å²) in [4.78, 5) is 53.2.